The van der Waals surface area contributed by atoms with Crippen LogP contribution in [0.1, 0.15) is 23.3 Å². The number of H-pyrrole nitrogens is 1. The van der Waals surface area contributed by atoms with E-state index in [1.807, 2.05) is 4.90 Å². The molecule has 9 heteroatoms. The fourth-order valence-corrected chi connectivity index (χ4v) is 3.15. The van der Waals surface area contributed by atoms with Gasteiger partial charge in [-0.2, -0.15) is 0 Å². The summed E-state index contributed by atoms with van der Waals surface area (Å²) in [5, 5.41) is 10.7. The summed E-state index contributed by atoms with van der Waals surface area (Å²) in [6.45, 7) is 4.39. The van der Waals surface area contributed by atoms with Crippen molar-refractivity contribution in [3.05, 3.63) is 28.1 Å². The minimum absolute atomic E-state index is 0.117. The molecular weight excluding hydrogens is 314 g/mol. The first-order valence-corrected chi connectivity index (χ1v) is 8.17. The number of aromatic amines is 1. The van der Waals surface area contributed by atoms with Gasteiger partial charge in [-0.25, -0.2) is 0 Å². The molecule has 1 aromatic heterocycles. The molecule has 1 aromatic rings. The molecule has 0 aromatic carbocycles. The van der Waals surface area contributed by atoms with Crippen molar-refractivity contribution in [2.75, 3.05) is 45.8 Å². The Bertz CT molecular complexity index is 630. The lowest BCUT2D eigenvalue weighted by Crippen LogP contribution is -2.51. The number of rotatable bonds is 4. The monoisotopic (exact) mass is 335 g/mol. The molecule has 0 radical (unpaired) electrons. The summed E-state index contributed by atoms with van der Waals surface area (Å²) in [4.78, 5) is 42.9. The predicted molar refractivity (Wildman–Crippen MR) is 85.6 cm³/mol. The average Bonchev–Trinajstić information content (AvgIpc) is 3.26. The lowest BCUT2D eigenvalue weighted by Gasteiger charge is -2.34. The van der Waals surface area contributed by atoms with E-state index in [2.05, 4.69) is 9.88 Å². The predicted octanol–water partition coefficient (Wildman–Crippen LogP) is 0.303. The SMILES string of the molecule is O=C(CN1CCN(C(=O)c2cc([N+](=O)[O-])c[nH]2)CC1)N1CCCC1. The maximum Gasteiger partial charge on any atom is 0.287 e. The van der Waals surface area contributed by atoms with Gasteiger partial charge >= 0.3 is 0 Å². The molecule has 0 aliphatic carbocycles. The quantitative estimate of drug-likeness (QED) is 0.630. The van der Waals surface area contributed by atoms with E-state index in [9.17, 15) is 19.7 Å². The summed E-state index contributed by atoms with van der Waals surface area (Å²) in [5.74, 6) is -0.0825. The summed E-state index contributed by atoms with van der Waals surface area (Å²) in [6.07, 6.45) is 3.38. The van der Waals surface area contributed by atoms with Gasteiger partial charge in [0.1, 0.15) is 5.69 Å². The number of piperazine rings is 1. The highest BCUT2D eigenvalue weighted by Crippen LogP contribution is 2.15. The number of carbonyl (C=O) groups is 2. The van der Waals surface area contributed by atoms with Gasteiger partial charge in [-0.05, 0) is 12.8 Å². The molecule has 3 heterocycles. The van der Waals surface area contributed by atoms with Crippen LogP contribution in [-0.4, -0.2) is 82.2 Å². The van der Waals surface area contributed by atoms with Gasteiger partial charge in [0.2, 0.25) is 5.91 Å². The molecule has 0 atom stereocenters. The zero-order chi connectivity index (χ0) is 17.1. The fraction of sp³-hybridized carbons (Fsp3) is 0.600. The molecule has 2 amide bonds. The number of amides is 2. The van der Waals surface area contributed by atoms with E-state index < -0.39 is 4.92 Å². The number of hydrogen-bond donors (Lipinski definition) is 1. The van der Waals surface area contributed by atoms with Crippen molar-refractivity contribution in [2.24, 2.45) is 0 Å². The Morgan fingerprint density at radius 2 is 1.75 bits per heavy atom. The normalized spacial score (nSPS) is 18.8. The van der Waals surface area contributed by atoms with Gasteiger partial charge < -0.3 is 14.8 Å². The summed E-state index contributed by atoms with van der Waals surface area (Å²) >= 11 is 0. The molecule has 2 aliphatic rings. The first-order chi connectivity index (χ1) is 11.5. The van der Waals surface area contributed by atoms with Crippen LogP contribution < -0.4 is 0 Å². The second kappa shape index (κ2) is 7.00. The molecule has 0 bridgehead atoms. The van der Waals surface area contributed by atoms with Gasteiger partial charge in [-0.15, -0.1) is 0 Å². The zero-order valence-electron chi connectivity index (χ0n) is 13.4. The number of nitrogens with zero attached hydrogens (tertiary/aromatic N) is 4. The molecule has 130 valence electrons. The summed E-state index contributed by atoms with van der Waals surface area (Å²) in [7, 11) is 0. The molecule has 2 saturated heterocycles. The standard InChI is InChI=1S/C15H21N5O4/c21-14(18-3-1-2-4-18)11-17-5-7-19(8-6-17)15(22)13-9-12(10-16-13)20(23)24/h9-10,16H,1-8,11H2. The van der Waals surface area contributed by atoms with Crippen molar-refractivity contribution in [3.8, 4) is 0 Å². The Balaban J connectivity index is 1.49. The lowest BCUT2D eigenvalue weighted by atomic mass is 10.2. The van der Waals surface area contributed by atoms with Crippen LogP contribution >= 0.6 is 0 Å². The van der Waals surface area contributed by atoms with E-state index in [-0.39, 0.29) is 23.2 Å². The molecule has 0 unspecified atom stereocenters. The van der Waals surface area contributed by atoms with Crippen molar-refractivity contribution in [1.29, 1.82) is 0 Å². The van der Waals surface area contributed by atoms with Crippen LogP contribution in [-0.2, 0) is 4.79 Å². The molecule has 0 saturated carbocycles. The summed E-state index contributed by atoms with van der Waals surface area (Å²) in [6, 6.07) is 1.26. The summed E-state index contributed by atoms with van der Waals surface area (Å²) in [5.41, 5.74) is 0.108. The minimum atomic E-state index is -0.533. The third-order valence-electron chi connectivity index (χ3n) is 4.59. The van der Waals surface area contributed by atoms with Gasteiger partial charge in [-0.1, -0.05) is 0 Å². The van der Waals surface area contributed by atoms with Crippen LogP contribution in [0.5, 0.6) is 0 Å². The first kappa shape index (κ1) is 16.4. The molecule has 3 rings (SSSR count). The number of nitrogens with one attached hydrogen (secondary N) is 1. The van der Waals surface area contributed by atoms with Crippen LogP contribution in [0.25, 0.3) is 0 Å². The molecule has 2 aliphatic heterocycles. The van der Waals surface area contributed by atoms with Crippen LogP contribution in [0, 0.1) is 10.1 Å². The zero-order valence-corrected chi connectivity index (χ0v) is 13.4. The largest absolute Gasteiger partial charge is 0.351 e. The Hall–Kier alpha value is -2.42. The minimum Gasteiger partial charge on any atom is -0.351 e. The lowest BCUT2D eigenvalue weighted by molar-refractivity contribution is -0.384. The van der Waals surface area contributed by atoms with Crippen molar-refractivity contribution in [2.45, 2.75) is 12.8 Å². The Morgan fingerprint density at radius 1 is 1.08 bits per heavy atom. The van der Waals surface area contributed by atoms with Gasteiger partial charge in [0.15, 0.2) is 0 Å². The van der Waals surface area contributed by atoms with Crippen molar-refractivity contribution in [1.82, 2.24) is 19.7 Å². The van der Waals surface area contributed by atoms with E-state index in [0.717, 1.165) is 25.9 Å². The molecule has 9 nitrogen and oxygen atoms in total. The first-order valence-electron chi connectivity index (χ1n) is 8.17. The second-order valence-electron chi connectivity index (χ2n) is 6.18. The number of aromatic nitrogens is 1. The highest BCUT2D eigenvalue weighted by atomic mass is 16.6. The third kappa shape index (κ3) is 3.56. The third-order valence-corrected chi connectivity index (χ3v) is 4.59. The van der Waals surface area contributed by atoms with Crippen LogP contribution in [0.3, 0.4) is 0 Å². The van der Waals surface area contributed by atoms with E-state index in [1.165, 1.54) is 12.3 Å². The van der Waals surface area contributed by atoms with E-state index in [0.29, 0.717) is 32.7 Å². The second-order valence-corrected chi connectivity index (χ2v) is 6.18. The fourth-order valence-electron chi connectivity index (χ4n) is 3.15. The van der Waals surface area contributed by atoms with Crippen LogP contribution in [0.2, 0.25) is 0 Å². The Morgan fingerprint density at radius 3 is 2.33 bits per heavy atom. The molecule has 2 fully saturated rings. The van der Waals surface area contributed by atoms with Crippen molar-refractivity contribution in [3.63, 3.8) is 0 Å². The molecule has 24 heavy (non-hydrogen) atoms. The number of hydrogen-bond acceptors (Lipinski definition) is 5. The molecule has 0 spiro atoms. The van der Waals surface area contributed by atoms with E-state index in [4.69, 9.17) is 0 Å². The van der Waals surface area contributed by atoms with Gasteiger partial charge in [0.05, 0.1) is 17.7 Å². The molecule has 1 N–H and O–H groups in total. The Labute approximate surface area is 139 Å². The highest BCUT2D eigenvalue weighted by molar-refractivity contribution is 5.93. The van der Waals surface area contributed by atoms with Crippen LogP contribution in [0.4, 0.5) is 5.69 Å². The van der Waals surface area contributed by atoms with Gasteiger partial charge in [0, 0.05) is 45.3 Å². The van der Waals surface area contributed by atoms with Gasteiger partial charge in [-0.3, -0.25) is 24.6 Å². The number of nitro groups is 1. The maximum atomic E-state index is 12.4. The number of likely N-dealkylation sites (tertiary alicyclic amines) is 1. The van der Waals surface area contributed by atoms with Crippen molar-refractivity contribution < 1.29 is 14.5 Å². The smallest absolute Gasteiger partial charge is 0.287 e. The van der Waals surface area contributed by atoms with E-state index >= 15 is 0 Å². The highest BCUT2D eigenvalue weighted by Gasteiger charge is 2.27. The van der Waals surface area contributed by atoms with Crippen molar-refractivity contribution >= 4 is 17.5 Å². The Kier molecular flexibility index (Phi) is 4.79. The van der Waals surface area contributed by atoms with Crippen LogP contribution in [0.15, 0.2) is 12.3 Å². The number of carbonyl (C=O) groups excluding carboxylic acids is 2. The average molecular weight is 335 g/mol. The van der Waals surface area contributed by atoms with E-state index in [1.54, 1.807) is 4.90 Å². The van der Waals surface area contributed by atoms with Gasteiger partial charge in [0.25, 0.3) is 11.6 Å². The topological polar surface area (TPSA) is 103 Å². The molecular formula is C15H21N5O4. The maximum absolute atomic E-state index is 12.4. The summed E-state index contributed by atoms with van der Waals surface area (Å²) < 4.78 is 0.